The van der Waals surface area contributed by atoms with Crippen molar-refractivity contribution in [3.63, 3.8) is 0 Å². The summed E-state index contributed by atoms with van der Waals surface area (Å²) in [6, 6.07) is 4.38. The first kappa shape index (κ1) is 15.0. The van der Waals surface area contributed by atoms with E-state index in [1.54, 1.807) is 11.8 Å². The topological polar surface area (TPSA) is 72.2 Å². The van der Waals surface area contributed by atoms with Gasteiger partial charge in [-0.05, 0) is 37.3 Å². The maximum Gasteiger partial charge on any atom is 0.240 e. The Balaban J connectivity index is 2.20. The van der Waals surface area contributed by atoms with E-state index < -0.39 is 10.0 Å². The Morgan fingerprint density at radius 3 is 2.79 bits per heavy atom. The van der Waals surface area contributed by atoms with E-state index >= 15 is 0 Å². The van der Waals surface area contributed by atoms with E-state index in [0.29, 0.717) is 10.9 Å². The normalized spacial score (nSPS) is 23.7. The van der Waals surface area contributed by atoms with Crippen molar-refractivity contribution in [1.29, 1.82) is 0 Å². The molecule has 1 aromatic rings. The third-order valence-electron chi connectivity index (χ3n) is 3.34. The summed E-state index contributed by atoms with van der Waals surface area (Å²) in [5.41, 5.74) is 5.97. The third kappa shape index (κ3) is 3.37. The second-order valence-electron chi connectivity index (χ2n) is 4.62. The maximum absolute atomic E-state index is 12.3. The smallest absolute Gasteiger partial charge is 0.240 e. The van der Waals surface area contributed by atoms with Crippen molar-refractivity contribution in [3.8, 4) is 0 Å². The van der Waals surface area contributed by atoms with E-state index in [0.717, 1.165) is 19.3 Å². The molecule has 0 aliphatic heterocycles. The van der Waals surface area contributed by atoms with Crippen molar-refractivity contribution in [1.82, 2.24) is 4.72 Å². The van der Waals surface area contributed by atoms with Gasteiger partial charge in [0.2, 0.25) is 10.0 Å². The molecule has 1 fully saturated rings. The number of nitrogens with one attached hydrogen (secondary N) is 1. The fourth-order valence-corrected chi connectivity index (χ4v) is 4.89. The van der Waals surface area contributed by atoms with Gasteiger partial charge in [-0.3, -0.25) is 0 Å². The average molecular weight is 321 g/mol. The first-order valence-corrected chi connectivity index (χ1v) is 9.19. The van der Waals surface area contributed by atoms with Crippen LogP contribution in [0.15, 0.2) is 23.1 Å². The van der Waals surface area contributed by atoms with E-state index in [4.69, 9.17) is 17.3 Å². The molecule has 0 heterocycles. The van der Waals surface area contributed by atoms with Crippen LogP contribution in [0.4, 0.5) is 5.69 Å². The van der Waals surface area contributed by atoms with Gasteiger partial charge in [-0.25, -0.2) is 13.1 Å². The van der Waals surface area contributed by atoms with Crippen LogP contribution in [0.5, 0.6) is 0 Å². The van der Waals surface area contributed by atoms with E-state index in [-0.39, 0.29) is 16.0 Å². The lowest BCUT2D eigenvalue weighted by atomic mass is 10.3. The van der Waals surface area contributed by atoms with Gasteiger partial charge in [0.05, 0.1) is 15.6 Å². The van der Waals surface area contributed by atoms with E-state index in [1.165, 1.54) is 18.2 Å². The molecular formula is C12H17ClN2O2S2. The standard InChI is InChI=1S/C12H17ClN2O2S2/c1-18-12-4-2-3-11(12)15-19(16,17)8-5-6-10(14)9(13)7-8/h5-7,11-12,15H,2-4,14H2,1H3. The predicted molar refractivity (Wildman–Crippen MR) is 81.1 cm³/mol. The van der Waals surface area contributed by atoms with Crippen molar-refractivity contribution < 1.29 is 8.42 Å². The van der Waals surface area contributed by atoms with Crippen molar-refractivity contribution in [2.75, 3.05) is 12.0 Å². The van der Waals surface area contributed by atoms with Crippen LogP contribution in [0.3, 0.4) is 0 Å². The molecule has 19 heavy (non-hydrogen) atoms. The Morgan fingerprint density at radius 1 is 1.42 bits per heavy atom. The van der Waals surface area contributed by atoms with Crippen LogP contribution in [-0.4, -0.2) is 26.0 Å². The number of sulfonamides is 1. The van der Waals surface area contributed by atoms with Crippen LogP contribution in [0, 0.1) is 0 Å². The average Bonchev–Trinajstić information content (AvgIpc) is 2.79. The molecule has 0 amide bonds. The Hall–Kier alpha value is -0.430. The molecule has 2 atom stereocenters. The van der Waals surface area contributed by atoms with Crippen molar-refractivity contribution >= 4 is 39.1 Å². The number of halogens is 1. The fraction of sp³-hybridized carbons (Fsp3) is 0.500. The van der Waals surface area contributed by atoms with Gasteiger partial charge in [0.15, 0.2) is 0 Å². The highest BCUT2D eigenvalue weighted by Crippen LogP contribution is 2.30. The zero-order chi connectivity index (χ0) is 14.0. The lowest BCUT2D eigenvalue weighted by molar-refractivity contribution is 0.555. The van der Waals surface area contributed by atoms with Gasteiger partial charge >= 0.3 is 0 Å². The molecule has 1 aliphatic carbocycles. The Bertz CT molecular complexity index is 563. The van der Waals surface area contributed by atoms with Crippen LogP contribution in [0.2, 0.25) is 5.02 Å². The number of hydrogen-bond donors (Lipinski definition) is 2. The summed E-state index contributed by atoms with van der Waals surface area (Å²) in [6.07, 6.45) is 5.00. The second-order valence-corrected chi connectivity index (χ2v) is 7.81. The van der Waals surface area contributed by atoms with Gasteiger partial charge in [-0.2, -0.15) is 11.8 Å². The first-order valence-electron chi connectivity index (χ1n) is 6.04. The van der Waals surface area contributed by atoms with Crippen LogP contribution in [-0.2, 0) is 10.0 Å². The highest BCUT2D eigenvalue weighted by Gasteiger charge is 2.30. The molecule has 1 saturated carbocycles. The van der Waals surface area contributed by atoms with Gasteiger partial charge in [-0.1, -0.05) is 18.0 Å². The molecule has 0 aromatic heterocycles. The largest absolute Gasteiger partial charge is 0.398 e. The SMILES string of the molecule is CSC1CCCC1NS(=O)(=O)c1ccc(N)c(Cl)c1. The van der Waals surface area contributed by atoms with E-state index in [2.05, 4.69) is 4.72 Å². The lowest BCUT2D eigenvalue weighted by Gasteiger charge is -2.19. The van der Waals surface area contributed by atoms with Gasteiger partial charge in [-0.15, -0.1) is 0 Å². The van der Waals surface area contributed by atoms with Crippen LogP contribution in [0.1, 0.15) is 19.3 Å². The minimum absolute atomic E-state index is 0.00340. The number of nitrogen functional groups attached to an aromatic ring is 1. The van der Waals surface area contributed by atoms with Crippen molar-refractivity contribution in [3.05, 3.63) is 23.2 Å². The Labute approximate surface area is 123 Å². The van der Waals surface area contributed by atoms with Crippen molar-refractivity contribution in [2.24, 2.45) is 0 Å². The van der Waals surface area contributed by atoms with E-state index in [9.17, 15) is 8.42 Å². The highest BCUT2D eigenvalue weighted by molar-refractivity contribution is 7.99. The molecule has 1 aliphatic rings. The first-order chi connectivity index (χ1) is 8.94. The van der Waals surface area contributed by atoms with Gasteiger partial charge < -0.3 is 5.73 Å². The number of hydrogen-bond acceptors (Lipinski definition) is 4. The van der Waals surface area contributed by atoms with Crippen molar-refractivity contribution in [2.45, 2.75) is 35.4 Å². The third-order valence-corrected chi connectivity index (χ3v) is 6.33. The minimum atomic E-state index is -3.53. The fourth-order valence-electron chi connectivity index (χ4n) is 2.29. The predicted octanol–water partition coefficient (Wildman–Crippen LogP) is 2.48. The Morgan fingerprint density at radius 2 is 2.16 bits per heavy atom. The molecule has 3 N–H and O–H groups in total. The Kier molecular flexibility index (Phi) is 4.66. The molecule has 2 unspecified atom stereocenters. The van der Waals surface area contributed by atoms with E-state index in [1.807, 2.05) is 6.26 Å². The molecule has 0 radical (unpaired) electrons. The summed E-state index contributed by atoms with van der Waals surface area (Å²) in [4.78, 5) is 0.165. The second kappa shape index (κ2) is 5.91. The minimum Gasteiger partial charge on any atom is -0.398 e. The molecule has 0 saturated heterocycles. The molecule has 4 nitrogen and oxygen atoms in total. The number of anilines is 1. The monoisotopic (exact) mass is 320 g/mol. The number of rotatable bonds is 4. The van der Waals surface area contributed by atoms with Crippen LogP contribution in [0.25, 0.3) is 0 Å². The molecule has 0 bridgehead atoms. The summed E-state index contributed by atoms with van der Waals surface area (Å²) in [5.74, 6) is 0. The van der Waals surface area contributed by atoms with Crippen LogP contribution >= 0.6 is 23.4 Å². The lowest BCUT2D eigenvalue weighted by Crippen LogP contribution is -2.38. The quantitative estimate of drug-likeness (QED) is 0.836. The van der Waals surface area contributed by atoms with Gasteiger partial charge in [0, 0.05) is 11.3 Å². The molecular weight excluding hydrogens is 304 g/mol. The number of thioether (sulfide) groups is 1. The molecule has 2 rings (SSSR count). The molecule has 1 aromatic carbocycles. The summed E-state index contributed by atoms with van der Waals surface area (Å²) < 4.78 is 27.4. The molecule has 106 valence electrons. The molecule has 0 spiro atoms. The van der Waals surface area contributed by atoms with Crippen LogP contribution < -0.4 is 10.5 Å². The summed E-state index contributed by atoms with van der Waals surface area (Å²) in [7, 11) is -3.53. The highest BCUT2D eigenvalue weighted by atomic mass is 35.5. The van der Waals surface area contributed by atoms with Gasteiger partial charge in [0.25, 0.3) is 0 Å². The summed E-state index contributed by atoms with van der Waals surface area (Å²) in [5, 5.41) is 0.606. The summed E-state index contributed by atoms with van der Waals surface area (Å²) >= 11 is 7.58. The zero-order valence-corrected chi connectivity index (χ0v) is 13.0. The zero-order valence-electron chi connectivity index (χ0n) is 10.6. The number of nitrogens with two attached hydrogens (primary N) is 1. The summed E-state index contributed by atoms with van der Waals surface area (Å²) in [6.45, 7) is 0. The number of benzene rings is 1. The maximum atomic E-state index is 12.3. The molecule has 7 heteroatoms. The van der Waals surface area contributed by atoms with Gasteiger partial charge in [0.1, 0.15) is 0 Å².